The van der Waals surface area contributed by atoms with E-state index in [0.717, 1.165) is 17.7 Å². The van der Waals surface area contributed by atoms with E-state index < -0.39 is 0 Å². The van der Waals surface area contributed by atoms with Crippen molar-refractivity contribution in [1.82, 2.24) is 20.1 Å². The summed E-state index contributed by atoms with van der Waals surface area (Å²) in [6.07, 6.45) is 3.74. The molecule has 0 saturated heterocycles. The lowest BCUT2D eigenvalue weighted by atomic mass is 9.94. The van der Waals surface area contributed by atoms with E-state index in [1.54, 1.807) is 17.8 Å². The molecule has 0 saturated carbocycles. The molecule has 0 fully saturated rings. The molecule has 3 aromatic rings. The number of carbonyl (C=O) groups excluding carboxylic acids is 2. The third kappa shape index (κ3) is 5.16. The molecule has 6 heteroatoms. The Balaban J connectivity index is 1.80. The Morgan fingerprint density at radius 3 is 2.55 bits per heavy atom. The van der Waals surface area contributed by atoms with Crippen LogP contribution in [0.4, 0.5) is 0 Å². The summed E-state index contributed by atoms with van der Waals surface area (Å²) in [7, 11) is 3.44. The van der Waals surface area contributed by atoms with Gasteiger partial charge in [-0.15, -0.1) is 0 Å². The van der Waals surface area contributed by atoms with Crippen LogP contribution in [-0.4, -0.2) is 33.5 Å². The minimum atomic E-state index is -0.297. The predicted molar refractivity (Wildman–Crippen MR) is 112 cm³/mol. The van der Waals surface area contributed by atoms with Gasteiger partial charge in [0.2, 0.25) is 0 Å². The lowest BCUT2D eigenvalue weighted by Gasteiger charge is -2.14. The fourth-order valence-electron chi connectivity index (χ4n) is 3.26. The average Bonchev–Trinajstić information content (AvgIpc) is 3.17. The monoisotopic (exact) mass is 390 g/mol. The number of nitrogens with one attached hydrogen (secondary N) is 1. The molecule has 0 aliphatic heterocycles. The maximum atomic E-state index is 12.8. The summed E-state index contributed by atoms with van der Waals surface area (Å²) >= 11 is 0. The fourth-order valence-corrected chi connectivity index (χ4v) is 3.26. The first kappa shape index (κ1) is 20.5. The third-order valence-electron chi connectivity index (χ3n) is 4.98. The van der Waals surface area contributed by atoms with Crippen molar-refractivity contribution in [3.05, 3.63) is 82.9 Å². The standard InChI is InChI=1S/C23H26N4O2/c1-16(17-8-5-4-6-9-17)20-14-18(15-21(25-20)23(29)24-2)22(28)11-7-10-19-12-13-27(3)26-19/h4-6,8-9,12-16H,7,10-11H2,1-3H3,(H,24,29)/t16-/m0/s1. The van der Waals surface area contributed by atoms with Gasteiger partial charge >= 0.3 is 0 Å². The van der Waals surface area contributed by atoms with Gasteiger partial charge in [0.05, 0.1) is 5.69 Å². The Morgan fingerprint density at radius 2 is 1.90 bits per heavy atom. The van der Waals surface area contributed by atoms with E-state index in [1.165, 1.54) is 0 Å². The highest BCUT2D eigenvalue weighted by Crippen LogP contribution is 2.24. The number of aromatic nitrogens is 3. The number of hydrogen-bond donors (Lipinski definition) is 1. The zero-order chi connectivity index (χ0) is 20.8. The van der Waals surface area contributed by atoms with Gasteiger partial charge in [0.15, 0.2) is 5.78 Å². The van der Waals surface area contributed by atoms with E-state index >= 15 is 0 Å². The molecule has 1 aromatic carbocycles. The molecule has 0 spiro atoms. The number of benzene rings is 1. The molecule has 6 nitrogen and oxygen atoms in total. The molecule has 2 heterocycles. The van der Waals surface area contributed by atoms with Gasteiger partial charge in [-0.25, -0.2) is 4.98 Å². The molecule has 0 unspecified atom stereocenters. The smallest absolute Gasteiger partial charge is 0.269 e. The summed E-state index contributed by atoms with van der Waals surface area (Å²) in [4.78, 5) is 29.6. The van der Waals surface area contributed by atoms with E-state index in [1.807, 2.05) is 62.6 Å². The first-order valence-corrected chi connectivity index (χ1v) is 9.78. The van der Waals surface area contributed by atoms with Crippen molar-refractivity contribution in [3.8, 4) is 0 Å². The van der Waals surface area contributed by atoms with Crippen LogP contribution in [0.2, 0.25) is 0 Å². The van der Waals surface area contributed by atoms with Crippen molar-refractivity contribution in [2.24, 2.45) is 7.05 Å². The highest BCUT2D eigenvalue weighted by atomic mass is 16.1. The van der Waals surface area contributed by atoms with Crippen molar-refractivity contribution < 1.29 is 9.59 Å². The van der Waals surface area contributed by atoms with Crippen molar-refractivity contribution in [2.45, 2.75) is 32.1 Å². The Labute approximate surface area is 171 Å². The van der Waals surface area contributed by atoms with Gasteiger partial charge in [-0.05, 0) is 36.6 Å². The lowest BCUT2D eigenvalue weighted by molar-refractivity contribution is 0.0958. The highest BCUT2D eigenvalue weighted by molar-refractivity contribution is 5.99. The fraction of sp³-hybridized carbons (Fsp3) is 0.304. The molecular weight excluding hydrogens is 364 g/mol. The second-order valence-electron chi connectivity index (χ2n) is 7.13. The zero-order valence-corrected chi connectivity index (χ0v) is 17.1. The normalized spacial score (nSPS) is 11.8. The molecule has 3 rings (SSSR count). The minimum absolute atomic E-state index is 0.00926. The molecular formula is C23H26N4O2. The minimum Gasteiger partial charge on any atom is -0.354 e. The largest absolute Gasteiger partial charge is 0.354 e. The van der Waals surface area contributed by atoms with Crippen LogP contribution in [0.1, 0.15) is 63.5 Å². The Hall–Kier alpha value is -3.28. The van der Waals surface area contributed by atoms with Crippen molar-refractivity contribution in [2.75, 3.05) is 7.05 Å². The molecule has 1 N–H and O–H groups in total. The van der Waals surface area contributed by atoms with Gasteiger partial charge in [0.25, 0.3) is 5.91 Å². The molecule has 150 valence electrons. The number of pyridine rings is 1. The molecule has 1 amide bonds. The first-order valence-electron chi connectivity index (χ1n) is 9.78. The molecule has 0 bridgehead atoms. The molecule has 1 atom stereocenters. The Morgan fingerprint density at radius 1 is 1.14 bits per heavy atom. The number of nitrogens with zero attached hydrogens (tertiary/aromatic N) is 3. The summed E-state index contributed by atoms with van der Waals surface area (Å²) in [5, 5.41) is 6.94. The predicted octanol–water partition coefficient (Wildman–Crippen LogP) is 3.53. The Kier molecular flexibility index (Phi) is 6.54. The van der Waals surface area contributed by atoms with Crippen LogP contribution >= 0.6 is 0 Å². The van der Waals surface area contributed by atoms with Crippen LogP contribution in [0.5, 0.6) is 0 Å². The summed E-state index contributed by atoms with van der Waals surface area (Å²) in [6, 6.07) is 15.3. The van der Waals surface area contributed by atoms with Crippen LogP contribution in [-0.2, 0) is 13.5 Å². The maximum Gasteiger partial charge on any atom is 0.269 e. The van der Waals surface area contributed by atoms with Gasteiger partial charge in [-0.2, -0.15) is 5.10 Å². The van der Waals surface area contributed by atoms with Crippen molar-refractivity contribution in [1.29, 1.82) is 0 Å². The van der Waals surface area contributed by atoms with E-state index in [2.05, 4.69) is 15.4 Å². The van der Waals surface area contributed by atoms with Crippen molar-refractivity contribution in [3.63, 3.8) is 0 Å². The second kappa shape index (κ2) is 9.28. The molecule has 0 aliphatic rings. The van der Waals surface area contributed by atoms with Crippen LogP contribution in [0.25, 0.3) is 0 Å². The summed E-state index contributed by atoms with van der Waals surface area (Å²) in [5.74, 6) is -0.314. The topological polar surface area (TPSA) is 76.9 Å². The van der Waals surface area contributed by atoms with Crippen LogP contribution in [0.3, 0.4) is 0 Å². The molecule has 0 aliphatic carbocycles. The van der Waals surface area contributed by atoms with Crippen LogP contribution in [0.15, 0.2) is 54.7 Å². The van der Waals surface area contributed by atoms with Gasteiger partial charge in [0, 0.05) is 43.9 Å². The third-order valence-corrected chi connectivity index (χ3v) is 4.98. The SMILES string of the molecule is CNC(=O)c1cc(C(=O)CCCc2ccn(C)n2)cc([C@@H](C)c2ccccc2)n1. The number of ketones is 1. The van der Waals surface area contributed by atoms with Gasteiger partial charge in [0.1, 0.15) is 5.69 Å². The van der Waals surface area contributed by atoms with Gasteiger partial charge in [-0.3, -0.25) is 14.3 Å². The number of hydrogen-bond acceptors (Lipinski definition) is 4. The number of carbonyl (C=O) groups is 2. The maximum absolute atomic E-state index is 12.8. The highest BCUT2D eigenvalue weighted by Gasteiger charge is 2.18. The number of rotatable bonds is 8. The van der Waals surface area contributed by atoms with Crippen LogP contribution in [0, 0.1) is 0 Å². The van der Waals surface area contributed by atoms with Gasteiger partial charge in [-0.1, -0.05) is 37.3 Å². The average molecular weight is 390 g/mol. The quantitative estimate of drug-likeness (QED) is 0.597. The van der Waals surface area contributed by atoms with E-state index in [0.29, 0.717) is 24.1 Å². The number of amides is 1. The second-order valence-corrected chi connectivity index (χ2v) is 7.13. The van der Waals surface area contributed by atoms with E-state index in [9.17, 15) is 9.59 Å². The van der Waals surface area contributed by atoms with Crippen molar-refractivity contribution >= 4 is 11.7 Å². The molecule has 29 heavy (non-hydrogen) atoms. The zero-order valence-electron chi connectivity index (χ0n) is 17.1. The number of aryl methyl sites for hydroxylation is 2. The molecule has 2 aromatic heterocycles. The van der Waals surface area contributed by atoms with E-state index in [4.69, 9.17) is 0 Å². The summed E-state index contributed by atoms with van der Waals surface area (Å²) in [6.45, 7) is 2.03. The van der Waals surface area contributed by atoms with Gasteiger partial charge < -0.3 is 5.32 Å². The first-order chi connectivity index (χ1) is 14.0. The summed E-state index contributed by atoms with van der Waals surface area (Å²) in [5.41, 5.74) is 3.56. The van der Waals surface area contributed by atoms with E-state index in [-0.39, 0.29) is 23.3 Å². The number of Topliss-reactive ketones (excluding diaryl/α,β-unsaturated/α-hetero) is 1. The van der Waals surface area contributed by atoms with Crippen LogP contribution < -0.4 is 5.32 Å². The Bertz CT molecular complexity index is 995. The molecule has 0 radical (unpaired) electrons. The lowest BCUT2D eigenvalue weighted by Crippen LogP contribution is -2.21. The summed E-state index contributed by atoms with van der Waals surface area (Å²) < 4.78 is 1.76.